The van der Waals surface area contributed by atoms with Gasteiger partial charge in [-0.3, -0.25) is 0 Å². The summed E-state index contributed by atoms with van der Waals surface area (Å²) in [6.45, 7) is 6.30. The van der Waals surface area contributed by atoms with E-state index in [2.05, 4.69) is 60.8 Å². The van der Waals surface area contributed by atoms with Crippen molar-refractivity contribution >= 4 is 65.1 Å². The zero-order valence-corrected chi connectivity index (χ0v) is 20.7. The molecule has 0 radical (unpaired) electrons. The van der Waals surface area contributed by atoms with Crippen molar-refractivity contribution in [3.63, 3.8) is 0 Å². The Morgan fingerprint density at radius 2 is 1.11 bits per heavy atom. The Morgan fingerprint density at radius 1 is 0.704 bits per heavy atom. The Labute approximate surface area is 178 Å². The number of hydrogen-bond acceptors (Lipinski definition) is 1. The summed E-state index contributed by atoms with van der Waals surface area (Å²) in [5.74, 6) is 0. The van der Waals surface area contributed by atoms with E-state index in [0.29, 0.717) is 0 Å². The van der Waals surface area contributed by atoms with Crippen LogP contribution in [0.3, 0.4) is 0 Å². The molecule has 3 rings (SSSR count). The first-order valence-electron chi connectivity index (χ1n) is 8.64. The number of benzene rings is 3. The van der Waals surface area contributed by atoms with E-state index in [4.69, 9.17) is 30.0 Å². The number of rotatable bonds is 5. The van der Waals surface area contributed by atoms with E-state index >= 15 is 0 Å². The Morgan fingerprint density at radius 3 is 1.48 bits per heavy atom. The fraction of sp³-hybridized carbons (Fsp3) is 0.143. The van der Waals surface area contributed by atoms with Crippen LogP contribution in [0.1, 0.15) is 16.7 Å². The van der Waals surface area contributed by atoms with E-state index in [1.165, 1.54) is 16.2 Å². The predicted molar refractivity (Wildman–Crippen MR) is 126 cm³/mol. The maximum atomic E-state index is 6.77. The van der Waals surface area contributed by atoms with E-state index in [-0.39, 0.29) is 0 Å². The first-order chi connectivity index (χ1) is 12.8. The molecule has 3 aromatic carbocycles. The van der Waals surface area contributed by atoms with Crippen LogP contribution in [0.15, 0.2) is 72.8 Å². The van der Waals surface area contributed by atoms with Crippen LogP contribution in [0.5, 0.6) is 0 Å². The van der Waals surface area contributed by atoms with Gasteiger partial charge < -0.3 is 0 Å². The van der Waals surface area contributed by atoms with Gasteiger partial charge in [-0.2, -0.15) is 0 Å². The molecule has 0 atom stereocenters. The van der Waals surface area contributed by atoms with Crippen molar-refractivity contribution in [3.05, 3.63) is 89.5 Å². The van der Waals surface area contributed by atoms with Gasteiger partial charge in [0.05, 0.1) is 0 Å². The van der Waals surface area contributed by atoms with Gasteiger partial charge in [0.1, 0.15) is 0 Å². The van der Waals surface area contributed by atoms with Gasteiger partial charge in [-0.1, -0.05) is 0 Å². The number of halogens is 3. The Balaban J connectivity index is 2.29. The zero-order valence-electron chi connectivity index (χ0n) is 15.5. The third-order valence-corrected chi connectivity index (χ3v) is 15.2. The summed E-state index contributed by atoms with van der Waals surface area (Å²) in [7, 11) is 15.5. The molecule has 0 saturated heterocycles. The van der Waals surface area contributed by atoms with Gasteiger partial charge in [-0.25, -0.2) is 0 Å². The van der Waals surface area contributed by atoms with Crippen molar-refractivity contribution < 1.29 is 0 Å². The number of anilines is 1. The molecule has 0 heterocycles. The van der Waals surface area contributed by atoms with Crippen LogP contribution in [0.2, 0.25) is 0 Å². The average molecular weight is 497 g/mol. The van der Waals surface area contributed by atoms with Crippen molar-refractivity contribution in [2.75, 3.05) is 3.63 Å². The number of hydrogen-bond donors (Lipinski definition) is 0. The summed E-state index contributed by atoms with van der Waals surface area (Å²) >= 11 is 0. The van der Waals surface area contributed by atoms with Crippen LogP contribution in [0, 0.1) is 20.8 Å². The summed E-state index contributed by atoms with van der Waals surface area (Å²) in [5, 5.41) is 2.35. The van der Waals surface area contributed by atoms with Gasteiger partial charge in [0.2, 0.25) is 0 Å². The first kappa shape index (κ1) is 21.0. The number of aryl methyl sites for hydroxylation is 3. The SMILES string of the molecule is Cc1cc(C)c([N](P(c2ccccc2)c2ccccc2)[Ge]([Cl])([Cl])[Cl])c(C)c1. The minimum absolute atomic E-state index is 1.000. The van der Waals surface area contributed by atoms with Crippen LogP contribution in [0.25, 0.3) is 0 Å². The van der Waals surface area contributed by atoms with E-state index in [9.17, 15) is 0 Å². The second-order valence-electron chi connectivity index (χ2n) is 6.51. The van der Waals surface area contributed by atoms with Crippen molar-refractivity contribution in [2.24, 2.45) is 0 Å². The van der Waals surface area contributed by atoms with E-state index in [0.717, 1.165) is 16.8 Å². The molecule has 0 fully saturated rings. The molecule has 0 N–H and O–H groups in total. The van der Waals surface area contributed by atoms with Crippen LogP contribution >= 0.6 is 38.1 Å². The monoisotopic (exact) mass is 497 g/mol. The van der Waals surface area contributed by atoms with Crippen LogP contribution < -0.4 is 14.2 Å². The Bertz CT molecular complexity index is 851. The Kier molecular flexibility index (Phi) is 6.82. The van der Waals surface area contributed by atoms with Gasteiger partial charge in [-0.15, -0.1) is 0 Å². The van der Waals surface area contributed by atoms with Gasteiger partial charge in [0.25, 0.3) is 0 Å². The molecule has 27 heavy (non-hydrogen) atoms. The maximum absolute atomic E-state index is 6.77. The molecule has 0 aliphatic rings. The molecule has 0 aliphatic heterocycles. The molecular weight excluding hydrogens is 476 g/mol. The zero-order chi connectivity index (χ0) is 19.6. The molecule has 0 amide bonds. The molecule has 0 aromatic heterocycles. The minimum atomic E-state index is -3.84. The van der Waals surface area contributed by atoms with E-state index < -0.39 is 18.8 Å². The average Bonchev–Trinajstić information content (AvgIpc) is 2.61. The third-order valence-electron chi connectivity index (χ3n) is 4.29. The summed E-state index contributed by atoms with van der Waals surface area (Å²) in [6.07, 6.45) is 0. The van der Waals surface area contributed by atoms with Crippen molar-refractivity contribution in [2.45, 2.75) is 20.8 Å². The standard InChI is InChI=1S/C21H21Cl3GeNP/c1-16-14-17(2)21(18(3)15-16)26(25(22,23)24)27(19-10-6-4-7-11-19)20-12-8-5-9-13-20/h4-15H,1-3H3. The molecule has 6 heteroatoms. The van der Waals surface area contributed by atoms with Crippen LogP contribution in [-0.4, -0.2) is 10.7 Å². The molecule has 0 saturated carbocycles. The molecule has 1 nitrogen and oxygen atoms in total. The molecule has 0 spiro atoms. The molecule has 0 aliphatic carbocycles. The van der Waals surface area contributed by atoms with Gasteiger partial charge in [0, 0.05) is 0 Å². The predicted octanol–water partition coefficient (Wildman–Crippen LogP) is 6.62. The van der Waals surface area contributed by atoms with Gasteiger partial charge in [0.15, 0.2) is 0 Å². The fourth-order valence-corrected chi connectivity index (χ4v) is 14.8. The third kappa shape index (κ3) is 4.84. The van der Waals surface area contributed by atoms with Crippen molar-refractivity contribution in [1.82, 2.24) is 0 Å². The van der Waals surface area contributed by atoms with E-state index in [1.54, 1.807) is 0 Å². The molecule has 0 unspecified atom stereocenters. The summed E-state index contributed by atoms with van der Waals surface area (Å²) in [6, 6.07) is 25.1. The molecular formula is C21H21Cl3GeNP. The summed E-state index contributed by atoms with van der Waals surface area (Å²) in [5.41, 5.74) is 4.56. The van der Waals surface area contributed by atoms with Gasteiger partial charge >= 0.3 is 179 Å². The van der Waals surface area contributed by atoms with E-state index in [1.807, 2.05) is 36.4 Å². The number of nitrogens with zero attached hydrogens (tertiary/aromatic N) is 1. The quantitative estimate of drug-likeness (QED) is 0.283. The van der Waals surface area contributed by atoms with Crippen molar-refractivity contribution in [3.8, 4) is 0 Å². The van der Waals surface area contributed by atoms with Crippen molar-refractivity contribution in [1.29, 1.82) is 0 Å². The summed E-state index contributed by atoms with van der Waals surface area (Å²) in [4.78, 5) is 0. The second kappa shape index (κ2) is 8.76. The fourth-order valence-electron chi connectivity index (χ4n) is 3.37. The topological polar surface area (TPSA) is 3.24 Å². The molecule has 0 bridgehead atoms. The Hall–Kier alpha value is -0.697. The molecule has 3 aromatic rings. The van der Waals surface area contributed by atoms with Crippen LogP contribution in [-0.2, 0) is 0 Å². The molecule has 140 valence electrons. The van der Waals surface area contributed by atoms with Gasteiger partial charge in [-0.05, 0) is 0 Å². The van der Waals surface area contributed by atoms with Crippen LogP contribution in [0.4, 0.5) is 5.69 Å². The normalized spacial score (nSPS) is 11.7. The summed E-state index contributed by atoms with van der Waals surface area (Å²) < 4.78 is 2.15. The first-order valence-corrected chi connectivity index (χ1v) is 19.1. The second-order valence-corrected chi connectivity index (χ2v) is 23.8.